The molecule has 0 bridgehead atoms. The van der Waals surface area contributed by atoms with Crippen LogP contribution in [0.2, 0.25) is 5.02 Å². The predicted octanol–water partition coefficient (Wildman–Crippen LogP) is 3.77. The van der Waals surface area contributed by atoms with Crippen molar-refractivity contribution < 1.29 is 27.5 Å². The Morgan fingerprint density at radius 1 is 1.24 bits per heavy atom. The lowest BCUT2D eigenvalue weighted by Gasteiger charge is -2.20. The van der Waals surface area contributed by atoms with Gasteiger partial charge in [0, 0.05) is 30.8 Å². The molecule has 9 nitrogen and oxygen atoms in total. The zero-order valence-electron chi connectivity index (χ0n) is 20.8. The Bertz CT molecular complexity index is 1490. The van der Waals surface area contributed by atoms with E-state index in [-0.39, 0.29) is 36.3 Å². The molecule has 3 aromatic rings. The second-order valence-electron chi connectivity index (χ2n) is 8.66. The minimum Gasteiger partial charge on any atom is -0.465 e. The van der Waals surface area contributed by atoms with Gasteiger partial charge in [0.05, 0.1) is 27.8 Å². The van der Waals surface area contributed by atoms with E-state index >= 15 is 0 Å². The van der Waals surface area contributed by atoms with Crippen molar-refractivity contribution in [2.75, 3.05) is 26.8 Å². The van der Waals surface area contributed by atoms with Crippen LogP contribution in [0.3, 0.4) is 0 Å². The van der Waals surface area contributed by atoms with Gasteiger partial charge in [-0.25, -0.2) is 8.42 Å². The van der Waals surface area contributed by atoms with Gasteiger partial charge in [-0.2, -0.15) is 9.30 Å². The Balaban J connectivity index is 1.64. The lowest BCUT2D eigenvalue weighted by molar-refractivity contribution is -0.143. The van der Waals surface area contributed by atoms with Crippen molar-refractivity contribution in [3.63, 3.8) is 0 Å². The van der Waals surface area contributed by atoms with Crippen molar-refractivity contribution in [1.82, 2.24) is 8.87 Å². The van der Waals surface area contributed by atoms with Crippen LogP contribution in [-0.4, -0.2) is 62.1 Å². The van der Waals surface area contributed by atoms with E-state index in [1.165, 1.54) is 47.0 Å². The fourth-order valence-electron chi connectivity index (χ4n) is 4.16. The summed E-state index contributed by atoms with van der Waals surface area (Å²) < 4.78 is 40.3. The molecule has 0 N–H and O–H groups in total. The average Bonchev–Trinajstić information content (AvgIpc) is 3.50. The van der Waals surface area contributed by atoms with Crippen LogP contribution in [0.15, 0.2) is 46.3 Å². The quantitative estimate of drug-likeness (QED) is 0.385. The highest BCUT2D eigenvalue weighted by molar-refractivity contribution is 7.89. The van der Waals surface area contributed by atoms with Crippen LogP contribution in [0.4, 0.5) is 0 Å². The Kier molecular flexibility index (Phi) is 8.49. The summed E-state index contributed by atoms with van der Waals surface area (Å²) in [6.45, 7) is 4.56. The topological polar surface area (TPSA) is 107 Å². The number of benzene rings is 2. The largest absolute Gasteiger partial charge is 0.465 e. The number of thiazole rings is 1. The van der Waals surface area contributed by atoms with Crippen molar-refractivity contribution in [2.24, 2.45) is 4.99 Å². The first-order valence-corrected chi connectivity index (χ1v) is 14.5. The van der Waals surface area contributed by atoms with Gasteiger partial charge in [-0.15, -0.1) is 0 Å². The van der Waals surface area contributed by atoms with Crippen molar-refractivity contribution in [3.05, 3.63) is 57.3 Å². The van der Waals surface area contributed by atoms with Crippen LogP contribution in [0, 0.1) is 6.92 Å². The van der Waals surface area contributed by atoms with Gasteiger partial charge in [0.25, 0.3) is 5.91 Å². The maximum Gasteiger partial charge on any atom is 0.326 e. The summed E-state index contributed by atoms with van der Waals surface area (Å²) in [6, 6.07) is 9.23. The first-order valence-electron chi connectivity index (χ1n) is 11.8. The summed E-state index contributed by atoms with van der Waals surface area (Å²) in [6.07, 6.45) is 1.64. The molecule has 1 saturated heterocycles. The number of hydrogen-bond donors (Lipinski definition) is 0. The maximum atomic E-state index is 13.0. The number of carbonyl (C=O) groups excluding carboxylic acids is 2. The van der Waals surface area contributed by atoms with E-state index in [0.717, 1.165) is 23.1 Å². The number of likely N-dealkylation sites (N-methyl/N-ethyl adjacent to an activating group) is 1. The number of fused-ring (bicyclic) bond motifs is 1. The Morgan fingerprint density at radius 2 is 1.97 bits per heavy atom. The molecule has 1 aliphatic rings. The zero-order chi connectivity index (χ0) is 26.7. The summed E-state index contributed by atoms with van der Waals surface area (Å²) >= 11 is 7.56. The molecular formula is C25H28ClN3O6S2. The Hall–Kier alpha value is -2.57. The molecule has 37 heavy (non-hydrogen) atoms. The molecule has 1 aliphatic heterocycles. The third-order valence-corrected chi connectivity index (χ3v) is 9.40. The van der Waals surface area contributed by atoms with Crippen LogP contribution in [0.25, 0.3) is 10.2 Å². The fourth-order valence-corrected chi connectivity index (χ4v) is 6.60. The van der Waals surface area contributed by atoms with E-state index in [4.69, 9.17) is 21.1 Å². The molecule has 1 amide bonds. The fraction of sp³-hybridized carbons (Fsp3) is 0.400. The van der Waals surface area contributed by atoms with Crippen molar-refractivity contribution in [2.45, 2.75) is 44.2 Å². The standard InChI is InChI=1S/C25H28ClN3O6S2/c1-4-34-22(30)15-29-23-16(2)20(26)11-12-21(23)36-25(29)27-24(31)17-7-9-19(10-8-17)37(32,33)28(3)14-18-6-5-13-35-18/h7-12,18H,4-6,13-15H2,1-3H3. The van der Waals surface area contributed by atoms with Gasteiger partial charge in [-0.1, -0.05) is 22.9 Å². The van der Waals surface area contributed by atoms with Crippen molar-refractivity contribution in [1.29, 1.82) is 0 Å². The van der Waals surface area contributed by atoms with Gasteiger partial charge in [0.2, 0.25) is 10.0 Å². The number of hydrogen-bond acceptors (Lipinski definition) is 7. The molecule has 2 heterocycles. The van der Waals surface area contributed by atoms with Gasteiger partial charge in [0.15, 0.2) is 4.80 Å². The van der Waals surface area contributed by atoms with Gasteiger partial charge in [-0.3, -0.25) is 9.59 Å². The summed E-state index contributed by atoms with van der Waals surface area (Å²) in [4.78, 5) is 30.0. The highest BCUT2D eigenvalue weighted by atomic mass is 35.5. The number of sulfonamides is 1. The third-order valence-electron chi connectivity index (χ3n) is 6.11. The molecule has 0 spiro atoms. The molecule has 1 aromatic heterocycles. The van der Waals surface area contributed by atoms with Crippen LogP contribution < -0.4 is 4.80 Å². The van der Waals surface area contributed by atoms with E-state index in [0.29, 0.717) is 21.9 Å². The highest BCUT2D eigenvalue weighted by Gasteiger charge is 2.26. The summed E-state index contributed by atoms with van der Waals surface area (Å²) in [5.41, 5.74) is 1.68. The summed E-state index contributed by atoms with van der Waals surface area (Å²) in [5, 5.41) is 0.530. The molecule has 2 aromatic carbocycles. The first-order chi connectivity index (χ1) is 17.6. The number of carbonyl (C=O) groups is 2. The number of amides is 1. The molecular weight excluding hydrogens is 538 g/mol. The SMILES string of the molecule is CCOC(=O)Cn1c(=NC(=O)c2ccc(S(=O)(=O)N(C)CC3CCCO3)cc2)sc2ccc(Cl)c(C)c21. The number of halogens is 1. The molecule has 4 rings (SSSR count). The number of ether oxygens (including phenoxy) is 2. The van der Waals surface area contributed by atoms with Gasteiger partial charge in [0.1, 0.15) is 6.54 Å². The number of rotatable bonds is 8. The summed E-state index contributed by atoms with van der Waals surface area (Å²) in [7, 11) is -2.22. The van der Waals surface area contributed by atoms with E-state index in [9.17, 15) is 18.0 Å². The van der Waals surface area contributed by atoms with E-state index in [2.05, 4.69) is 4.99 Å². The monoisotopic (exact) mass is 565 g/mol. The van der Waals surface area contributed by atoms with E-state index in [1.54, 1.807) is 17.6 Å². The molecule has 1 fully saturated rings. The highest BCUT2D eigenvalue weighted by Crippen LogP contribution is 2.27. The van der Waals surface area contributed by atoms with Crippen molar-refractivity contribution in [3.8, 4) is 0 Å². The normalized spacial score (nSPS) is 16.6. The minimum atomic E-state index is -3.73. The zero-order valence-corrected chi connectivity index (χ0v) is 23.2. The molecule has 12 heteroatoms. The first kappa shape index (κ1) is 27.5. The van der Waals surface area contributed by atoms with Gasteiger partial charge < -0.3 is 14.0 Å². The number of aromatic nitrogens is 1. The molecule has 1 atom stereocenters. The van der Waals surface area contributed by atoms with Crippen LogP contribution in [0.5, 0.6) is 0 Å². The predicted molar refractivity (Wildman–Crippen MR) is 141 cm³/mol. The molecule has 0 saturated carbocycles. The second kappa shape index (κ2) is 11.4. The van der Waals surface area contributed by atoms with Crippen LogP contribution in [0.1, 0.15) is 35.7 Å². The van der Waals surface area contributed by atoms with Gasteiger partial charge >= 0.3 is 5.97 Å². The van der Waals surface area contributed by atoms with Crippen LogP contribution in [-0.2, 0) is 30.8 Å². The molecule has 0 aliphatic carbocycles. The van der Waals surface area contributed by atoms with Gasteiger partial charge in [-0.05, 0) is 68.7 Å². The maximum absolute atomic E-state index is 13.0. The molecule has 0 radical (unpaired) electrons. The molecule has 1 unspecified atom stereocenters. The Morgan fingerprint density at radius 3 is 2.62 bits per heavy atom. The Labute approximate surface area is 224 Å². The smallest absolute Gasteiger partial charge is 0.326 e. The number of esters is 1. The number of nitrogens with zero attached hydrogens (tertiary/aromatic N) is 3. The average molecular weight is 566 g/mol. The molecule has 198 valence electrons. The third kappa shape index (κ3) is 5.96. The minimum absolute atomic E-state index is 0.0778. The van der Waals surface area contributed by atoms with E-state index < -0.39 is 21.9 Å². The second-order valence-corrected chi connectivity index (χ2v) is 12.1. The van der Waals surface area contributed by atoms with Crippen molar-refractivity contribution >= 4 is 55.1 Å². The van der Waals surface area contributed by atoms with Crippen LogP contribution >= 0.6 is 22.9 Å². The lowest BCUT2D eigenvalue weighted by Crippen LogP contribution is -2.34. The number of aryl methyl sites for hydroxylation is 1. The van der Waals surface area contributed by atoms with E-state index in [1.807, 2.05) is 13.0 Å². The summed E-state index contributed by atoms with van der Waals surface area (Å²) in [5.74, 6) is -1.03. The lowest BCUT2D eigenvalue weighted by atomic mass is 10.2.